The van der Waals surface area contributed by atoms with Crippen molar-refractivity contribution in [2.45, 2.75) is 44.6 Å². The van der Waals surface area contributed by atoms with E-state index in [1.807, 2.05) is 32.0 Å². The monoisotopic (exact) mass is 500 g/mol. The average Bonchev–Trinajstić information content (AvgIpc) is 2.75. The molecular weight excluding hydrogens is 473 g/mol. The summed E-state index contributed by atoms with van der Waals surface area (Å²) in [6, 6.07) is 9.76. The van der Waals surface area contributed by atoms with E-state index in [1.54, 1.807) is 18.7 Å². The van der Waals surface area contributed by atoms with Crippen LogP contribution in [0.25, 0.3) is 0 Å². The van der Waals surface area contributed by atoms with E-state index in [4.69, 9.17) is 4.74 Å². The number of nitrogens with zero attached hydrogens (tertiary/aromatic N) is 2. The Labute approximate surface area is 197 Å². The Morgan fingerprint density at radius 2 is 1.50 bits per heavy atom. The van der Waals surface area contributed by atoms with Crippen LogP contribution in [0.5, 0.6) is 11.5 Å². The molecular formula is C23H27F3N2O5S. The number of benzene rings is 2. The van der Waals surface area contributed by atoms with Crippen LogP contribution in [0.1, 0.15) is 25.0 Å². The molecule has 34 heavy (non-hydrogen) atoms. The van der Waals surface area contributed by atoms with Gasteiger partial charge < -0.3 is 14.4 Å². The fourth-order valence-electron chi connectivity index (χ4n) is 3.61. The molecule has 1 fully saturated rings. The molecule has 7 nitrogen and oxygen atoms in total. The Balaban J connectivity index is 1.64. The highest BCUT2D eigenvalue weighted by Gasteiger charge is 2.38. The van der Waals surface area contributed by atoms with Crippen molar-refractivity contribution in [3.05, 3.63) is 53.6 Å². The van der Waals surface area contributed by atoms with Gasteiger partial charge in [-0.15, -0.1) is 13.2 Å². The number of sulfonamides is 1. The van der Waals surface area contributed by atoms with Gasteiger partial charge in [-0.1, -0.05) is 12.1 Å². The smallest absolute Gasteiger partial charge is 0.478 e. The van der Waals surface area contributed by atoms with E-state index in [0.29, 0.717) is 5.75 Å². The molecule has 3 rings (SSSR count). The summed E-state index contributed by atoms with van der Waals surface area (Å²) in [6.45, 7) is 7.58. The van der Waals surface area contributed by atoms with Crippen LogP contribution in [0.15, 0.2) is 47.4 Å². The minimum Gasteiger partial charge on any atom is -0.478 e. The van der Waals surface area contributed by atoms with E-state index in [0.717, 1.165) is 35.4 Å². The molecule has 0 aromatic heterocycles. The highest BCUT2D eigenvalue weighted by atomic mass is 32.2. The van der Waals surface area contributed by atoms with Crippen molar-refractivity contribution in [3.63, 3.8) is 0 Å². The van der Waals surface area contributed by atoms with Crippen molar-refractivity contribution in [2.75, 3.05) is 26.2 Å². The summed E-state index contributed by atoms with van der Waals surface area (Å²) in [5.74, 6) is -0.162. The first-order chi connectivity index (χ1) is 15.7. The molecule has 0 radical (unpaired) electrons. The van der Waals surface area contributed by atoms with Crippen molar-refractivity contribution >= 4 is 15.9 Å². The molecule has 0 atom stereocenters. The maximum absolute atomic E-state index is 13.1. The zero-order chi connectivity index (χ0) is 25.3. The summed E-state index contributed by atoms with van der Waals surface area (Å²) in [7, 11) is -3.94. The molecule has 1 saturated heterocycles. The maximum Gasteiger partial charge on any atom is 0.573 e. The predicted molar refractivity (Wildman–Crippen MR) is 119 cm³/mol. The second-order valence-electron chi connectivity index (χ2n) is 8.60. The van der Waals surface area contributed by atoms with E-state index >= 15 is 0 Å². The van der Waals surface area contributed by atoms with Gasteiger partial charge in [0, 0.05) is 26.2 Å². The lowest BCUT2D eigenvalue weighted by atomic mass is 10.1. The number of aryl methyl sites for hydroxylation is 2. The second-order valence-corrected chi connectivity index (χ2v) is 10.5. The number of carbonyl (C=O) groups is 1. The Kier molecular flexibility index (Phi) is 7.18. The van der Waals surface area contributed by atoms with Crippen LogP contribution in [-0.4, -0.2) is 61.7 Å². The average molecular weight is 501 g/mol. The molecule has 0 spiro atoms. The molecule has 0 aliphatic carbocycles. The standard InChI is InChI=1S/C23H27F3N2O5S/c1-16-5-6-17(2)20(15-16)33-22(3,4)21(29)27-11-13-28(14-12-27)34(30,31)19-9-7-18(8-10-19)32-23(24,25)26/h5-10,15H,11-14H2,1-4H3. The molecule has 1 amide bonds. The Morgan fingerprint density at radius 3 is 2.06 bits per heavy atom. The van der Waals surface area contributed by atoms with Gasteiger partial charge in [0.1, 0.15) is 11.5 Å². The molecule has 0 unspecified atom stereocenters. The van der Waals surface area contributed by atoms with E-state index in [1.165, 1.54) is 4.31 Å². The number of halogens is 3. The second kappa shape index (κ2) is 9.46. The minimum atomic E-state index is -4.86. The van der Waals surface area contributed by atoms with Gasteiger partial charge in [0.15, 0.2) is 5.60 Å². The number of hydrogen-bond donors (Lipinski definition) is 0. The quantitative estimate of drug-likeness (QED) is 0.602. The van der Waals surface area contributed by atoms with Crippen molar-refractivity contribution in [1.29, 1.82) is 0 Å². The number of alkyl halides is 3. The third-order valence-electron chi connectivity index (χ3n) is 5.44. The number of hydrogen-bond acceptors (Lipinski definition) is 5. The fourth-order valence-corrected chi connectivity index (χ4v) is 5.03. The topological polar surface area (TPSA) is 76.2 Å². The number of amides is 1. The summed E-state index contributed by atoms with van der Waals surface area (Å²) >= 11 is 0. The summed E-state index contributed by atoms with van der Waals surface area (Å²) in [5.41, 5.74) is 0.739. The highest BCUT2D eigenvalue weighted by Crippen LogP contribution is 2.28. The molecule has 1 aliphatic heterocycles. The van der Waals surface area contributed by atoms with Crippen LogP contribution in [-0.2, 0) is 14.8 Å². The summed E-state index contributed by atoms with van der Waals surface area (Å²) in [6.07, 6.45) is -4.86. The van der Waals surface area contributed by atoms with Gasteiger partial charge in [-0.25, -0.2) is 8.42 Å². The van der Waals surface area contributed by atoms with Crippen molar-refractivity contribution < 1.29 is 35.9 Å². The molecule has 1 heterocycles. The summed E-state index contributed by atoms with van der Waals surface area (Å²) in [4.78, 5) is 14.5. The van der Waals surface area contributed by atoms with Gasteiger partial charge in [-0.2, -0.15) is 4.31 Å². The van der Waals surface area contributed by atoms with Gasteiger partial charge in [0.2, 0.25) is 10.0 Å². The van der Waals surface area contributed by atoms with Gasteiger partial charge >= 0.3 is 6.36 Å². The lowest BCUT2D eigenvalue weighted by molar-refractivity contribution is -0.274. The van der Waals surface area contributed by atoms with E-state index in [9.17, 15) is 26.4 Å². The molecule has 11 heteroatoms. The van der Waals surface area contributed by atoms with E-state index < -0.39 is 27.7 Å². The Hall–Kier alpha value is -2.79. The number of ether oxygens (including phenoxy) is 2. The van der Waals surface area contributed by atoms with E-state index in [2.05, 4.69) is 4.74 Å². The van der Waals surface area contributed by atoms with Crippen LogP contribution in [0.3, 0.4) is 0 Å². The third kappa shape index (κ3) is 6.01. The van der Waals surface area contributed by atoms with Crippen molar-refractivity contribution in [1.82, 2.24) is 9.21 Å². The first-order valence-electron chi connectivity index (χ1n) is 10.6. The number of rotatable bonds is 6. The normalized spacial score (nSPS) is 15.8. The van der Waals surface area contributed by atoms with Crippen LogP contribution < -0.4 is 9.47 Å². The van der Waals surface area contributed by atoms with Gasteiger partial charge in [-0.05, 0) is 69.2 Å². The molecule has 2 aromatic rings. The molecule has 0 N–H and O–H groups in total. The first-order valence-corrected chi connectivity index (χ1v) is 12.0. The fraction of sp³-hybridized carbons (Fsp3) is 0.435. The highest BCUT2D eigenvalue weighted by molar-refractivity contribution is 7.89. The van der Waals surface area contributed by atoms with Crippen molar-refractivity contribution in [2.24, 2.45) is 0 Å². The minimum absolute atomic E-state index is 0.0500. The van der Waals surface area contributed by atoms with Crippen LogP contribution >= 0.6 is 0 Å². The van der Waals surface area contributed by atoms with Crippen molar-refractivity contribution in [3.8, 4) is 11.5 Å². The number of carbonyl (C=O) groups excluding carboxylic acids is 1. The summed E-state index contributed by atoms with van der Waals surface area (Å²) < 4.78 is 73.8. The Morgan fingerprint density at radius 1 is 0.912 bits per heavy atom. The summed E-state index contributed by atoms with van der Waals surface area (Å²) in [5, 5.41) is 0. The maximum atomic E-state index is 13.1. The van der Waals surface area contributed by atoms with Gasteiger partial charge in [0.05, 0.1) is 4.90 Å². The third-order valence-corrected chi connectivity index (χ3v) is 7.36. The predicted octanol–water partition coefficient (Wildman–Crippen LogP) is 3.89. The molecule has 0 bridgehead atoms. The van der Waals surface area contributed by atoms with Crippen LogP contribution in [0, 0.1) is 13.8 Å². The zero-order valence-corrected chi connectivity index (χ0v) is 20.2. The molecule has 2 aromatic carbocycles. The van der Waals surface area contributed by atoms with Gasteiger partial charge in [-0.3, -0.25) is 4.79 Å². The van der Waals surface area contributed by atoms with Gasteiger partial charge in [0.25, 0.3) is 5.91 Å². The van der Waals surface area contributed by atoms with Crippen LogP contribution in [0.4, 0.5) is 13.2 Å². The molecule has 0 saturated carbocycles. The Bertz CT molecular complexity index is 1140. The molecule has 1 aliphatic rings. The van der Waals surface area contributed by atoms with E-state index in [-0.39, 0.29) is 37.0 Å². The first kappa shape index (κ1) is 25.8. The molecule has 186 valence electrons. The van der Waals surface area contributed by atoms with Crippen LogP contribution in [0.2, 0.25) is 0 Å². The number of piperazine rings is 1. The zero-order valence-electron chi connectivity index (χ0n) is 19.3. The lowest BCUT2D eigenvalue weighted by Gasteiger charge is -2.38. The largest absolute Gasteiger partial charge is 0.573 e. The SMILES string of the molecule is Cc1ccc(C)c(OC(C)(C)C(=O)N2CCN(S(=O)(=O)c3ccc(OC(F)(F)F)cc3)CC2)c1. The lowest BCUT2D eigenvalue weighted by Crippen LogP contribution is -2.56.